The fourth-order valence-corrected chi connectivity index (χ4v) is 4.62. The summed E-state index contributed by atoms with van der Waals surface area (Å²) in [5, 5.41) is 16.9. The van der Waals surface area contributed by atoms with E-state index in [1.54, 1.807) is 24.3 Å². The molecule has 0 saturated heterocycles. The zero-order valence-corrected chi connectivity index (χ0v) is 19.8. The maximum Gasteiger partial charge on any atom is 0.288 e. The fourth-order valence-electron chi connectivity index (χ4n) is 3.97. The topological polar surface area (TPSA) is 83.2 Å². The third-order valence-electron chi connectivity index (χ3n) is 5.80. The summed E-state index contributed by atoms with van der Waals surface area (Å²) in [5.74, 6) is 1.58. The molecule has 2 aliphatic rings. The third-order valence-corrected chi connectivity index (χ3v) is 6.71. The zero-order valence-electron chi connectivity index (χ0n) is 17.5. The van der Waals surface area contributed by atoms with Gasteiger partial charge >= 0.3 is 0 Å². The van der Waals surface area contributed by atoms with Gasteiger partial charge in [0.15, 0.2) is 11.5 Å². The standard InChI is InChI=1S/C24H17Cl3N2O5/c25-16-4-1-15(20(27)9-16)11-34-28-24(14-2-5-19(26)21(7-14)29(30)31)18-10-17(18)13-3-6-22-23(8-13)33-12-32-22/h1-9,17-18H,10-12H2. The number of oxime groups is 1. The first-order valence-electron chi connectivity index (χ1n) is 10.4. The number of rotatable bonds is 7. The molecule has 0 bridgehead atoms. The van der Waals surface area contributed by atoms with Crippen molar-refractivity contribution in [2.45, 2.75) is 18.9 Å². The molecule has 0 radical (unpaired) electrons. The van der Waals surface area contributed by atoms with Crippen molar-refractivity contribution < 1.29 is 19.2 Å². The molecule has 1 fully saturated rings. The molecule has 3 aromatic carbocycles. The predicted molar refractivity (Wildman–Crippen MR) is 129 cm³/mol. The van der Waals surface area contributed by atoms with E-state index in [1.165, 1.54) is 12.1 Å². The molecule has 1 heterocycles. The molecule has 1 aliphatic heterocycles. The van der Waals surface area contributed by atoms with Crippen LogP contribution in [0.25, 0.3) is 0 Å². The molecule has 10 heteroatoms. The van der Waals surface area contributed by atoms with Crippen LogP contribution in [0.5, 0.6) is 11.5 Å². The summed E-state index contributed by atoms with van der Waals surface area (Å²) in [4.78, 5) is 16.6. The number of hydrogen-bond acceptors (Lipinski definition) is 6. The Kier molecular flexibility index (Phi) is 6.25. The molecule has 0 N–H and O–H groups in total. The van der Waals surface area contributed by atoms with Gasteiger partial charge in [-0.1, -0.05) is 58.2 Å². The van der Waals surface area contributed by atoms with Crippen LogP contribution in [0.1, 0.15) is 29.0 Å². The van der Waals surface area contributed by atoms with Gasteiger partial charge in [-0.05, 0) is 48.2 Å². The monoisotopic (exact) mass is 518 g/mol. The van der Waals surface area contributed by atoms with Crippen molar-refractivity contribution in [3.8, 4) is 11.5 Å². The summed E-state index contributed by atoms with van der Waals surface area (Å²) in [7, 11) is 0. The lowest BCUT2D eigenvalue weighted by Gasteiger charge is -2.09. The Morgan fingerprint density at radius 1 is 1.03 bits per heavy atom. The van der Waals surface area contributed by atoms with Crippen LogP contribution in [0.3, 0.4) is 0 Å². The molecule has 174 valence electrons. The van der Waals surface area contributed by atoms with Crippen molar-refractivity contribution in [2.75, 3.05) is 6.79 Å². The first-order chi connectivity index (χ1) is 16.4. The molecule has 1 saturated carbocycles. The van der Waals surface area contributed by atoms with Crippen LogP contribution < -0.4 is 9.47 Å². The highest BCUT2D eigenvalue weighted by Crippen LogP contribution is 2.51. The minimum absolute atomic E-state index is 0.00170. The molecule has 0 aromatic heterocycles. The van der Waals surface area contributed by atoms with E-state index in [2.05, 4.69) is 5.16 Å². The van der Waals surface area contributed by atoms with Crippen LogP contribution in [0.2, 0.25) is 15.1 Å². The highest BCUT2D eigenvalue weighted by molar-refractivity contribution is 6.35. The molecule has 3 aromatic rings. The summed E-state index contributed by atoms with van der Waals surface area (Å²) in [6.45, 7) is 0.325. The van der Waals surface area contributed by atoms with Crippen molar-refractivity contribution in [3.63, 3.8) is 0 Å². The molecule has 2 atom stereocenters. The van der Waals surface area contributed by atoms with Gasteiger partial charge in [0, 0.05) is 33.2 Å². The minimum Gasteiger partial charge on any atom is -0.454 e. The van der Waals surface area contributed by atoms with E-state index in [1.807, 2.05) is 18.2 Å². The largest absolute Gasteiger partial charge is 0.454 e. The molecule has 1 aliphatic carbocycles. The van der Waals surface area contributed by atoms with Crippen LogP contribution in [-0.4, -0.2) is 17.4 Å². The van der Waals surface area contributed by atoms with Gasteiger partial charge in [-0.2, -0.15) is 0 Å². The number of nitro benzene ring substituents is 1. The second-order valence-electron chi connectivity index (χ2n) is 7.97. The van der Waals surface area contributed by atoms with Crippen LogP contribution in [0.4, 0.5) is 5.69 Å². The Morgan fingerprint density at radius 3 is 2.65 bits per heavy atom. The van der Waals surface area contributed by atoms with E-state index in [9.17, 15) is 10.1 Å². The normalized spacial score (nSPS) is 18.6. The van der Waals surface area contributed by atoms with Gasteiger partial charge in [0.2, 0.25) is 6.79 Å². The average Bonchev–Trinajstić information content (AvgIpc) is 3.45. The van der Waals surface area contributed by atoms with Gasteiger partial charge in [-0.15, -0.1) is 0 Å². The smallest absolute Gasteiger partial charge is 0.288 e. The van der Waals surface area contributed by atoms with E-state index in [4.69, 9.17) is 49.1 Å². The summed E-state index contributed by atoms with van der Waals surface area (Å²) >= 11 is 18.2. The highest BCUT2D eigenvalue weighted by Gasteiger charge is 2.44. The molecule has 34 heavy (non-hydrogen) atoms. The van der Waals surface area contributed by atoms with Crippen molar-refractivity contribution in [2.24, 2.45) is 11.1 Å². The number of nitro groups is 1. The van der Waals surface area contributed by atoms with E-state index in [-0.39, 0.29) is 35.9 Å². The van der Waals surface area contributed by atoms with E-state index in [0.717, 1.165) is 17.5 Å². The quantitative estimate of drug-likeness (QED) is 0.190. The second kappa shape index (κ2) is 9.33. The van der Waals surface area contributed by atoms with Crippen LogP contribution >= 0.6 is 34.8 Å². The highest BCUT2D eigenvalue weighted by atomic mass is 35.5. The van der Waals surface area contributed by atoms with Gasteiger partial charge in [-0.25, -0.2) is 0 Å². The molecule has 0 spiro atoms. The molecular weight excluding hydrogens is 503 g/mol. The second-order valence-corrected chi connectivity index (χ2v) is 9.22. The molecular formula is C24H17Cl3N2O5. The zero-order chi connectivity index (χ0) is 23.8. The van der Waals surface area contributed by atoms with Crippen LogP contribution in [0, 0.1) is 16.0 Å². The number of hydrogen-bond donors (Lipinski definition) is 0. The Morgan fingerprint density at radius 2 is 1.85 bits per heavy atom. The Balaban J connectivity index is 1.43. The Labute approximate surface area is 209 Å². The maximum absolute atomic E-state index is 11.4. The molecule has 0 amide bonds. The average molecular weight is 520 g/mol. The van der Waals surface area contributed by atoms with E-state index < -0.39 is 4.92 Å². The van der Waals surface area contributed by atoms with Gasteiger partial charge in [0.05, 0.1) is 10.6 Å². The Hall–Kier alpha value is -3.00. The lowest BCUT2D eigenvalue weighted by molar-refractivity contribution is -0.384. The van der Waals surface area contributed by atoms with Gasteiger partial charge in [0.1, 0.15) is 11.6 Å². The Bertz CT molecular complexity index is 1310. The first kappa shape index (κ1) is 22.8. The molecule has 7 nitrogen and oxygen atoms in total. The summed E-state index contributed by atoms with van der Waals surface area (Å²) in [5.41, 5.74) is 2.79. The van der Waals surface area contributed by atoms with Gasteiger partial charge in [0.25, 0.3) is 5.69 Å². The number of nitrogens with zero attached hydrogens (tertiary/aromatic N) is 2. The first-order valence-corrected chi connectivity index (χ1v) is 11.5. The number of ether oxygens (including phenoxy) is 2. The predicted octanol–water partition coefficient (Wildman–Crippen LogP) is 7.01. The van der Waals surface area contributed by atoms with Gasteiger partial charge < -0.3 is 14.3 Å². The van der Waals surface area contributed by atoms with Crippen LogP contribution in [0.15, 0.2) is 59.8 Å². The lowest BCUT2D eigenvalue weighted by atomic mass is 10.0. The summed E-state index contributed by atoms with van der Waals surface area (Å²) in [6, 6.07) is 15.6. The van der Waals surface area contributed by atoms with Crippen LogP contribution in [-0.2, 0) is 11.4 Å². The number of benzene rings is 3. The summed E-state index contributed by atoms with van der Waals surface area (Å²) < 4.78 is 10.9. The van der Waals surface area contributed by atoms with Gasteiger partial charge in [-0.3, -0.25) is 10.1 Å². The number of halogens is 3. The SMILES string of the molecule is O=[N+]([O-])c1cc(C(=NOCc2ccc(Cl)cc2Cl)C2CC2c2ccc3c(c2)OCO3)ccc1Cl. The third kappa shape index (κ3) is 4.64. The lowest BCUT2D eigenvalue weighted by Crippen LogP contribution is -2.08. The number of fused-ring (bicyclic) bond motifs is 1. The maximum atomic E-state index is 11.4. The minimum atomic E-state index is -0.514. The van der Waals surface area contributed by atoms with E-state index >= 15 is 0 Å². The fraction of sp³-hybridized carbons (Fsp3) is 0.208. The van der Waals surface area contributed by atoms with Crippen molar-refractivity contribution >= 4 is 46.2 Å². The molecule has 2 unspecified atom stereocenters. The van der Waals surface area contributed by atoms with Crippen molar-refractivity contribution in [1.29, 1.82) is 0 Å². The van der Waals surface area contributed by atoms with Crippen molar-refractivity contribution in [1.82, 2.24) is 0 Å². The van der Waals surface area contributed by atoms with Crippen molar-refractivity contribution in [3.05, 3.63) is 96.5 Å². The summed E-state index contributed by atoms with van der Waals surface area (Å²) in [6.07, 6.45) is 0.806. The van der Waals surface area contributed by atoms with E-state index in [0.29, 0.717) is 32.8 Å². The molecule has 5 rings (SSSR count).